The van der Waals surface area contributed by atoms with Gasteiger partial charge in [0.2, 0.25) is 10.0 Å². The van der Waals surface area contributed by atoms with Crippen molar-refractivity contribution in [3.8, 4) is 22.8 Å². The van der Waals surface area contributed by atoms with Crippen molar-refractivity contribution in [2.75, 3.05) is 31.6 Å². The predicted molar refractivity (Wildman–Crippen MR) is 147 cm³/mol. The van der Waals surface area contributed by atoms with E-state index < -0.39 is 27.7 Å². The molecular formula is C27H28F3N3O5S2. The summed E-state index contributed by atoms with van der Waals surface area (Å²) in [5, 5.41) is 4.15. The molecule has 8 nitrogen and oxygen atoms in total. The predicted octanol–water partition coefficient (Wildman–Crippen LogP) is 5.98. The van der Waals surface area contributed by atoms with E-state index in [1.54, 1.807) is 23.6 Å². The van der Waals surface area contributed by atoms with E-state index in [9.17, 15) is 26.4 Å². The summed E-state index contributed by atoms with van der Waals surface area (Å²) in [7, 11) is -3.86. The van der Waals surface area contributed by atoms with Crippen LogP contribution in [-0.2, 0) is 14.8 Å². The second kappa shape index (κ2) is 12.4. The van der Waals surface area contributed by atoms with Gasteiger partial charge in [-0.2, -0.15) is 17.5 Å². The first-order valence-corrected chi connectivity index (χ1v) is 14.9. The van der Waals surface area contributed by atoms with E-state index in [0.29, 0.717) is 68.0 Å². The number of hydrogen-bond donors (Lipinski definition) is 1. The molecule has 0 atom stereocenters. The Labute approximate surface area is 234 Å². The number of amides is 1. The van der Waals surface area contributed by atoms with E-state index in [0.717, 1.165) is 35.6 Å². The highest BCUT2D eigenvalue weighted by Crippen LogP contribution is 2.36. The highest BCUT2D eigenvalue weighted by atomic mass is 32.2. The van der Waals surface area contributed by atoms with E-state index in [4.69, 9.17) is 9.47 Å². The second-order valence-electron chi connectivity index (χ2n) is 8.87. The molecule has 13 heteroatoms. The van der Waals surface area contributed by atoms with Crippen LogP contribution in [-0.4, -0.2) is 56.1 Å². The van der Waals surface area contributed by atoms with Crippen LogP contribution in [0.15, 0.2) is 58.8 Å². The number of ether oxygens (including phenoxy) is 2. The molecule has 40 heavy (non-hydrogen) atoms. The molecule has 1 amide bonds. The first-order valence-electron chi connectivity index (χ1n) is 12.6. The average Bonchev–Trinajstić information content (AvgIpc) is 3.39. The molecule has 3 aromatic rings. The van der Waals surface area contributed by atoms with Crippen molar-refractivity contribution >= 4 is 38.0 Å². The number of alkyl halides is 3. The van der Waals surface area contributed by atoms with Gasteiger partial charge < -0.3 is 9.47 Å². The molecule has 0 spiro atoms. The molecule has 1 N–H and O–H groups in total. The third-order valence-corrected chi connectivity index (χ3v) is 8.57. The number of halogens is 3. The Morgan fingerprint density at radius 1 is 1.05 bits per heavy atom. The quantitative estimate of drug-likeness (QED) is 0.290. The van der Waals surface area contributed by atoms with Crippen LogP contribution in [0, 0.1) is 0 Å². The zero-order chi connectivity index (χ0) is 28.9. The number of rotatable bonds is 10. The number of fused-ring (bicyclic) bond motifs is 1. The molecule has 214 valence electrons. The summed E-state index contributed by atoms with van der Waals surface area (Å²) < 4.78 is 80.0. The average molecular weight is 596 g/mol. The van der Waals surface area contributed by atoms with Crippen LogP contribution in [0.25, 0.3) is 16.8 Å². The molecule has 1 aromatic heterocycles. The first-order chi connectivity index (χ1) is 19.0. The number of nitrogens with one attached hydrogen (secondary N) is 1. The minimum Gasteiger partial charge on any atom is -0.486 e. The summed E-state index contributed by atoms with van der Waals surface area (Å²) in [6.45, 7) is 5.16. The molecule has 0 saturated carbocycles. The normalized spacial score (nSPS) is 13.9. The molecule has 2 heterocycles. The monoisotopic (exact) mass is 595 g/mol. The Balaban J connectivity index is 1.53. The Morgan fingerprint density at radius 3 is 2.33 bits per heavy atom. The number of nitrogens with zero attached hydrogens (tertiary/aromatic N) is 2. The number of carbonyl (C=O) groups is 1. The molecule has 0 saturated heterocycles. The lowest BCUT2D eigenvalue weighted by Gasteiger charge is -2.21. The van der Waals surface area contributed by atoms with Crippen molar-refractivity contribution in [3.05, 3.63) is 59.5 Å². The number of hydrogen-bond acceptors (Lipinski definition) is 7. The third kappa shape index (κ3) is 6.83. The number of aromatic nitrogens is 1. The van der Waals surface area contributed by atoms with Gasteiger partial charge in [-0.1, -0.05) is 26.0 Å². The topological polar surface area (TPSA) is 97.8 Å². The van der Waals surface area contributed by atoms with E-state index in [2.05, 4.69) is 10.3 Å². The Morgan fingerprint density at radius 2 is 1.70 bits per heavy atom. The fourth-order valence-electron chi connectivity index (χ4n) is 4.07. The van der Waals surface area contributed by atoms with Crippen LogP contribution in [0.5, 0.6) is 11.5 Å². The largest absolute Gasteiger partial charge is 0.486 e. The van der Waals surface area contributed by atoms with Crippen molar-refractivity contribution in [3.63, 3.8) is 0 Å². The van der Waals surface area contributed by atoms with E-state index >= 15 is 0 Å². The van der Waals surface area contributed by atoms with Gasteiger partial charge >= 0.3 is 6.18 Å². The van der Waals surface area contributed by atoms with Crippen LogP contribution < -0.4 is 14.8 Å². The number of benzene rings is 2. The molecule has 1 aliphatic rings. The van der Waals surface area contributed by atoms with E-state index in [1.165, 1.54) is 4.31 Å². The summed E-state index contributed by atoms with van der Waals surface area (Å²) in [5.41, 5.74) is -0.347. The zero-order valence-electron chi connectivity index (χ0n) is 21.8. The molecule has 0 aliphatic carbocycles. The van der Waals surface area contributed by atoms with Gasteiger partial charge in [0.05, 0.1) is 16.2 Å². The Bertz CT molecular complexity index is 1480. The number of anilines is 1. The maximum absolute atomic E-state index is 13.9. The SMILES string of the molecule is CCCN(CCC)S(=O)(=O)c1ccc(/C(=C/C(=O)Nc2nc(-c3ccc4c(c3)OCCO4)cs2)C(F)(F)F)cc1. The minimum absolute atomic E-state index is 0.112. The fourth-order valence-corrected chi connectivity index (χ4v) is 6.42. The van der Waals surface area contributed by atoms with Crippen molar-refractivity contribution < 1.29 is 35.9 Å². The molecule has 4 rings (SSSR count). The van der Waals surface area contributed by atoms with Gasteiger partial charge in [-0.3, -0.25) is 10.1 Å². The van der Waals surface area contributed by atoms with Crippen molar-refractivity contribution in [1.82, 2.24) is 9.29 Å². The molecule has 0 unspecified atom stereocenters. The third-order valence-electron chi connectivity index (χ3n) is 5.90. The highest BCUT2D eigenvalue weighted by molar-refractivity contribution is 7.89. The first kappa shape index (κ1) is 29.6. The maximum atomic E-state index is 13.9. The number of thiazole rings is 1. The zero-order valence-corrected chi connectivity index (χ0v) is 23.5. The van der Waals surface area contributed by atoms with Gasteiger partial charge in [0.15, 0.2) is 16.6 Å². The maximum Gasteiger partial charge on any atom is 0.417 e. The lowest BCUT2D eigenvalue weighted by atomic mass is 10.1. The summed E-state index contributed by atoms with van der Waals surface area (Å²) in [4.78, 5) is 16.8. The lowest BCUT2D eigenvalue weighted by Crippen LogP contribution is -2.32. The van der Waals surface area contributed by atoms with Crippen molar-refractivity contribution in [2.45, 2.75) is 37.8 Å². The van der Waals surface area contributed by atoms with Crippen LogP contribution >= 0.6 is 11.3 Å². The molecule has 0 bridgehead atoms. The summed E-state index contributed by atoms with van der Waals surface area (Å²) in [6, 6.07) is 9.61. The van der Waals surface area contributed by atoms with Crippen molar-refractivity contribution in [1.29, 1.82) is 0 Å². The van der Waals surface area contributed by atoms with Crippen molar-refractivity contribution in [2.24, 2.45) is 0 Å². The van der Waals surface area contributed by atoms with E-state index in [-0.39, 0.29) is 15.6 Å². The van der Waals surface area contributed by atoms with Crippen LogP contribution in [0.1, 0.15) is 32.3 Å². The number of carbonyl (C=O) groups excluding carboxylic acids is 1. The lowest BCUT2D eigenvalue weighted by molar-refractivity contribution is -0.112. The van der Waals surface area contributed by atoms with Gasteiger partial charge in [0.25, 0.3) is 5.91 Å². The standard InChI is InChI=1S/C27H28F3N3O5S2/c1-3-11-33(12-4-2)40(35,36)20-8-5-18(6-9-20)21(27(28,29)30)16-25(34)32-26-31-22(17-39-26)19-7-10-23-24(15-19)38-14-13-37-23/h5-10,15-17H,3-4,11-14H2,1-2H3,(H,31,32,34)/b21-16-. The molecule has 0 fully saturated rings. The highest BCUT2D eigenvalue weighted by Gasteiger charge is 2.36. The van der Waals surface area contributed by atoms with Crippen LogP contribution in [0.2, 0.25) is 0 Å². The summed E-state index contributed by atoms with van der Waals surface area (Å²) >= 11 is 1.06. The molecule has 2 aromatic carbocycles. The molecule has 0 radical (unpaired) electrons. The van der Waals surface area contributed by atoms with E-state index in [1.807, 2.05) is 13.8 Å². The van der Waals surface area contributed by atoms with Crippen LogP contribution in [0.3, 0.4) is 0 Å². The number of sulfonamides is 1. The minimum atomic E-state index is -4.87. The smallest absolute Gasteiger partial charge is 0.417 e. The van der Waals surface area contributed by atoms with Crippen LogP contribution in [0.4, 0.5) is 18.3 Å². The fraction of sp³-hybridized carbons (Fsp3) is 0.333. The number of allylic oxidation sites excluding steroid dienone is 1. The van der Waals surface area contributed by atoms with Gasteiger partial charge in [0, 0.05) is 30.1 Å². The van der Waals surface area contributed by atoms with Gasteiger partial charge in [-0.05, 0) is 48.7 Å². The summed E-state index contributed by atoms with van der Waals surface area (Å²) in [5.74, 6) is 0.139. The second-order valence-corrected chi connectivity index (χ2v) is 11.7. The molecule has 1 aliphatic heterocycles. The summed E-state index contributed by atoms with van der Waals surface area (Å²) in [6.07, 6.45) is -3.22. The Kier molecular flexibility index (Phi) is 9.16. The molecular weight excluding hydrogens is 567 g/mol. The van der Waals surface area contributed by atoms with Gasteiger partial charge in [-0.15, -0.1) is 11.3 Å². The van der Waals surface area contributed by atoms with Gasteiger partial charge in [0.1, 0.15) is 13.2 Å². The Hall–Kier alpha value is -3.42. The van der Waals surface area contributed by atoms with Gasteiger partial charge in [-0.25, -0.2) is 13.4 Å².